The van der Waals surface area contributed by atoms with Crippen LogP contribution in [0.1, 0.15) is 52.7 Å². The number of nitrogens with zero attached hydrogens (tertiary/aromatic N) is 3. The van der Waals surface area contributed by atoms with Gasteiger partial charge >= 0.3 is 0 Å². The zero-order chi connectivity index (χ0) is 23.0. The Labute approximate surface area is 193 Å². The molecule has 0 saturated carbocycles. The van der Waals surface area contributed by atoms with Crippen LogP contribution in [0.15, 0.2) is 60.8 Å². The molecule has 6 nitrogen and oxygen atoms in total. The molecule has 1 atom stereocenters. The molecule has 0 aliphatic carbocycles. The van der Waals surface area contributed by atoms with Gasteiger partial charge < -0.3 is 10.1 Å². The van der Waals surface area contributed by atoms with Crippen molar-refractivity contribution in [3.8, 4) is 5.75 Å². The second kappa shape index (κ2) is 11.0. The molecule has 1 unspecified atom stereocenters. The molecule has 1 aliphatic heterocycles. The number of rotatable bonds is 8. The van der Waals surface area contributed by atoms with E-state index >= 15 is 0 Å². The molecule has 1 amide bonds. The molecule has 1 fully saturated rings. The van der Waals surface area contributed by atoms with Gasteiger partial charge in [-0.25, -0.2) is 14.4 Å². The maximum atomic E-state index is 13.9. The van der Waals surface area contributed by atoms with Crippen molar-refractivity contribution in [2.45, 2.75) is 38.8 Å². The number of aromatic nitrogens is 2. The fourth-order valence-corrected chi connectivity index (χ4v) is 4.19. The summed E-state index contributed by atoms with van der Waals surface area (Å²) in [6, 6.07) is 16.2. The zero-order valence-corrected chi connectivity index (χ0v) is 18.8. The predicted octanol–water partition coefficient (Wildman–Crippen LogP) is 4.46. The molecule has 0 spiro atoms. The van der Waals surface area contributed by atoms with Crippen LogP contribution in [0.2, 0.25) is 0 Å². The molecule has 4 rings (SSSR count). The first-order chi connectivity index (χ1) is 16.1. The average molecular weight is 449 g/mol. The van der Waals surface area contributed by atoms with Crippen LogP contribution < -0.4 is 10.1 Å². The molecule has 2 heterocycles. The normalized spacial score (nSPS) is 16.4. The lowest BCUT2D eigenvalue weighted by Crippen LogP contribution is -2.38. The SMILES string of the molecule is Cc1ncc(C(=O)NCc2ccccc2)c(C2CCCCN2CCOc2ccccc2F)n1. The Kier molecular flexibility index (Phi) is 7.62. The summed E-state index contributed by atoms with van der Waals surface area (Å²) in [6.45, 7) is 4.13. The number of piperidine rings is 1. The summed E-state index contributed by atoms with van der Waals surface area (Å²) in [4.78, 5) is 24.3. The molecule has 33 heavy (non-hydrogen) atoms. The van der Waals surface area contributed by atoms with Gasteiger partial charge in [-0.15, -0.1) is 0 Å². The van der Waals surface area contributed by atoms with Gasteiger partial charge in [0.2, 0.25) is 0 Å². The summed E-state index contributed by atoms with van der Waals surface area (Å²) in [5.74, 6) is 0.348. The topological polar surface area (TPSA) is 67.4 Å². The van der Waals surface area contributed by atoms with E-state index in [9.17, 15) is 9.18 Å². The van der Waals surface area contributed by atoms with E-state index in [0.29, 0.717) is 31.1 Å². The molecule has 7 heteroatoms. The maximum Gasteiger partial charge on any atom is 0.255 e. The minimum atomic E-state index is -0.364. The van der Waals surface area contributed by atoms with Crippen molar-refractivity contribution in [2.75, 3.05) is 19.7 Å². The number of hydrogen-bond donors (Lipinski definition) is 1. The number of carbonyl (C=O) groups is 1. The molecular formula is C26H29FN4O2. The molecule has 2 aromatic carbocycles. The number of likely N-dealkylation sites (tertiary alicyclic amines) is 1. The second-order valence-electron chi connectivity index (χ2n) is 8.21. The largest absolute Gasteiger partial charge is 0.489 e. The van der Waals surface area contributed by atoms with Crippen LogP contribution in [0.4, 0.5) is 4.39 Å². The van der Waals surface area contributed by atoms with E-state index in [2.05, 4.69) is 20.2 Å². The maximum absolute atomic E-state index is 13.9. The summed E-state index contributed by atoms with van der Waals surface area (Å²) < 4.78 is 19.6. The van der Waals surface area contributed by atoms with Gasteiger partial charge in [-0.3, -0.25) is 9.69 Å². The van der Waals surface area contributed by atoms with E-state index in [1.54, 1.807) is 24.4 Å². The van der Waals surface area contributed by atoms with Gasteiger partial charge in [0.05, 0.1) is 17.3 Å². The minimum Gasteiger partial charge on any atom is -0.489 e. The van der Waals surface area contributed by atoms with Crippen LogP contribution in [0.5, 0.6) is 5.75 Å². The number of para-hydroxylation sites is 1. The highest BCUT2D eigenvalue weighted by Crippen LogP contribution is 2.31. The molecule has 0 bridgehead atoms. The fraction of sp³-hybridized carbons (Fsp3) is 0.346. The van der Waals surface area contributed by atoms with Gasteiger partial charge in [-0.1, -0.05) is 48.9 Å². The highest BCUT2D eigenvalue weighted by atomic mass is 19.1. The molecule has 1 aliphatic rings. The fourth-order valence-electron chi connectivity index (χ4n) is 4.19. The Morgan fingerprint density at radius 3 is 2.76 bits per heavy atom. The van der Waals surface area contributed by atoms with Crippen LogP contribution >= 0.6 is 0 Å². The summed E-state index contributed by atoms with van der Waals surface area (Å²) in [7, 11) is 0. The van der Waals surface area contributed by atoms with Crippen molar-refractivity contribution in [1.82, 2.24) is 20.2 Å². The Bertz CT molecular complexity index is 1080. The minimum absolute atomic E-state index is 0.0119. The van der Waals surface area contributed by atoms with Gasteiger partial charge in [0.15, 0.2) is 11.6 Å². The first-order valence-electron chi connectivity index (χ1n) is 11.4. The molecular weight excluding hydrogens is 419 g/mol. The lowest BCUT2D eigenvalue weighted by atomic mass is 9.96. The van der Waals surface area contributed by atoms with E-state index in [-0.39, 0.29) is 23.5 Å². The summed E-state index contributed by atoms with van der Waals surface area (Å²) in [6.07, 6.45) is 4.65. The Balaban J connectivity index is 1.47. The standard InChI is InChI=1S/C26H29FN4O2/c1-19-28-18-21(26(32)29-17-20-9-3-2-4-10-20)25(30-19)23-12-7-8-14-31(23)15-16-33-24-13-6-5-11-22(24)27/h2-6,9-11,13,18,23H,7-8,12,14-17H2,1H3,(H,29,32). The number of halogens is 1. The number of amides is 1. The van der Waals surface area contributed by atoms with Gasteiger partial charge in [0.1, 0.15) is 12.4 Å². The van der Waals surface area contributed by atoms with Crippen LogP contribution in [-0.4, -0.2) is 40.5 Å². The zero-order valence-electron chi connectivity index (χ0n) is 18.8. The first kappa shape index (κ1) is 22.9. The Morgan fingerprint density at radius 1 is 1.15 bits per heavy atom. The highest BCUT2D eigenvalue weighted by molar-refractivity contribution is 5.95. The monoisotopic (exact) mass is 448 g/mol. The van der Waals surface area contributed by atoms with E-state index in [1.165, 1.54) is 6.07 Å². The van der Waals surface area contributed by atoms with E-state index in [1.807, 2.05) is 37.3 Å². The van der Waals surface area contributed by atoms with E-state index < -0.39 is 0 Å². The van der Waals surface area contributed by atoms with Crippen molar-refractivity contribution in [2.24, 2.45) is 0 Å². The van der Waals surface area contributed by atoms with Crippen LogP contribution in [0.3, 0.4) is 0 Å². The number of benzene rings is 2. The van der Waals surface area contributed by atoms with Gasteiger partial charge in [0.25, 0.3) is 5.91 Å². The van der Waals surface area contributed by atoms with Crippen LogP contribution in [0.25, 0.3) is 0 Å². The second-order valence-corrected chi connectivity index (χ2v) is 8.21. The average Bonchev–Trinajstić information content (AvgIpc) is 2.84. The van der Waals surface area contributed by atoms with Crippen LogP contribution in [-0.2, 0) is 6.54 Å². The highest BCUT2D eigenvalue weighted by Gasteiger charge is 2.29. The Hall–Kier alpha value is -3.32. The smallest absolute Gasteiger partial charge is 0.255 e. The summed E-state index contributed by atoms with van der Waals surface area (Å²) >= 11 is 0. The third kappa shape index (κ3) is 5.93. The summed E-state index contributed by atoms with van der Waals surface area (Å²) in [5.41, 5.74) is 2.28. The van der Waals surface area contributed by atoms with Gasteiger partial charge in [0, 0.05) is 19.3 Å². The number of nitrogens with one attached hydrogen (secondary N) is 1. The molecule has 1 saturated heterocycles. The van der Waals surface area contributed by atoms with Crippen LogP contribution in [0, 0.1) is 12.7 Å². The van der Waals surface area contributed by atoms with Crippen molar-refractivity contribution in [3.05, 3.63) is 89.3 Å². The summed E-state index contributed by atoms with van der Waals surface area (Å²) in [5, 5.41) is 3.00. The van der Waals surface area contributed by atoms with Gasteiger partial charge in [-0.2, -0.15) is 0 Å². The van der Waals surface area contributed by atoms with Crippen molar-refractivity contribution < 1.29 is 13.9 Å². The molecule has 0 radical (unpaired) electrons. The van der Waals surface area contributed by atoms with Crippen molar-refractivity contribution >= 4 is 5.91 Å². The predicted molar refractivity (Wildman–Crippen MR) is 124 cm³/mol. The van der Waals surface area contributed by atoms with E-state index in [0.717, 1.165) is 37.1 Å². The number of aryl methyl sites for hydroxylation is 1. The van der Waals surface area contributed by atoms with Crippen molar-refractivity contribution in [3.63, 3.8) is 0 Å². The first-order valence-corrected chi connectivity index (χ1v) is 11.4. The molecule has 1 N–H and O–H groups in total. The van der Waals surface area contributed by atoms with Crippen molar-refractivity contribution in [1.29, 1.82) is 0 Å². The van der Waals surface area contributed by atoms with Gasteiger partial charge in [-0.05, 0) is 44.0 Å². The molecule has 3 aromatic rings. The number of carbonyl (C=O) groups excluding carboxylic acids is 1. The number of hydrogen-bond acceptors (Lipinski definition) is 5. The quantitative estimate of drug-likeness (QED) is 0.551. The third-order valence-corrected chi connectivity index (χ3v) is 5.88. The lowest BCUT2D eigenvalue weighted by Gasteiger charge is -2.36. The Morgan fingerprint density at radius 2 is 1.94 bits per heavy atom. The molecule has 172 valence electrons. The van der Waals surface area contributed by atoms with E-state index in [4.69, 9.17) is 4.74 Å². The third-order valence-electron chi connectivity index (χ3n) is 5.88. The lowest BCUT2D eigenvalue weighted by molar-refractivity contribution is 0.0934. The number of ether oxygens (including phenoxy) is 1. The molecule has 1 aromatic heterocycles.